The van der Waals surface area contributed by atoms with Gasteiger partial charge in [-0.05, 0) is 44.2 Å². The van der Waals surface area contributed by atoms with Crippen LogP contribution in [-0.4, -0.2) is 23.1 Å². The summed E-state index contributed by atoms with van der Waals surface area (Å²) >= 11 is 0. The number of carboxylic acid groups (broad SMARTS) is 1. The highest BCUT2D eigenvalue weighted by Crippen LogP contribution is 2.25. The molecule has 0 saturated carbocycles. The standard InChI is InChI=1S/C13H16N2O2/c1-7-8(2)15-11-5-4-9(6-10(7)11)12(14-3)13(16)17/h4-6,12,14-15H,1-3H3,(H,16,17). The molecule has 0 aliphatic rings. The fraction of sp³-hybridized carbons (Fsp3) is 0.308. The van der Waals surface area contributed by atoms with E-state index in [2.05, 4.69) is 10.3 Å². The highest BCUT2D eigenvalue weighted by Gasteiger charge is 2.18. The number of H-pyrrole nitrogens is 1. The molecule has 1 heterocycles. The van der Waals surface area contributed by atoms with Gasteiger partial charge in [-0.1, -0.05) is 6.07 Å². The number of fused-ring (bicyclic) bond motifs is 1. The number of hydrogen-bond donors (Lipinski definition) is 3. The van der Waals surface area contributed by atoms with Gasteiger partial charge in [0.15, 0.2) is 0 Å². The van der Waals surface area contributed by atoms with Crippen molar-refractivity contribution in [3.05, 3.63) is 35.0 Å². The third-order valence-corrected chi connectivity index (χ3v) is 3.20. The van der Waals surface area contributed by atoms with Crippen molar-refractivity contribution < 1.29 is 9.90 Å². The fourth-order valence-electron chi connectivity index (χ4n) is 2.09. The number of aromatic amines is 1. The van der Waals surface area contributed by atoms with Crippen LogP contribution in [0, 0.1) is 13.8 Å². The Balaban J connectivity index is 2.57. The summed E-state index contributed by atoms with van der Waals surface area (Å²) in [5.41, 5.74) is 4.11. The predicted octanol–water partition coefficient (Wildman–Crippen LogP) is 2.13. The quantitative estimate of drug-likeness (QED) is 0.759. The van der Waals surface area contributed by atoms with Gasteiger partial charge < -0.3 is 15.4 Å². The number of likely N-dealkylation sites (N-methyl/N-ethyl adjacent to an activating group) is 1. The lowest BCUT2D eigenvalue weighted by molar-refractivity contribution is -0.139. The Bertz CT molecular complexity index is 572. The second-order valence-corrected chi connectivity index (χ2v) is 4.24. The smallest absolute Gasteiger partial charge is 0.325 e. The molecule has 2 aromatic rings. The van der Waals surface area contributed by atoms with Crippen molar-refractivity contribution in [2.24, 2.45) is 0 Å². The monoisotopic (exact) mass is 232 g/mol. The van der Waals surface area contributed by atoms with Crippen molar-refractivity contribution >= 4 is 16.9 Å². The highest BCUT2D eigenvalue weighted by molar-refractivity contribution is 5.86. The lowest BCUT2D eigenvalue weighted by Gasteiger charge is -2.11. The van der Waals surface area contributed by atoms with Crippen LogP contribution in [0.1, 0.15) is 22.9 Å². The summed E-state index contributed by atoms with van der Waals surface area (Å²) in [6, 6.07) is 5.04. The molecule has 2 rings (SSSR count). The third kappa shape index (κ3) is 1.91. The highest BCUT2D eigenvalue weighted by atomic mass is 16.4. The van der Waals surface area contributed by atoms with E-state index in [1.54, 1.807) is 7.05 Å². The Labute approximate surface area is 99.7 Å². The predicted molar refractivity (Wildman–Crippen MR) is 67.2 cm³/mol. The Morgan fingerprint density at radius 2 is 2.12 bits per heavy atom. The van der Waals surface area contributed by atoms with Crippen molar-refractivity contribution in [3.63, 3.8) is 0 Å². The van der Waals surface area contributed by atoms with Gasteiger partial charge in [0.25, 0.3) is 0 Å². The lowest BCUT2D eigenvalue weighted by atomic mass is 10.0. The number of aryl methyl sites for hydroxylation is 2. The number of aliphatic carboxylic acids is 1. The molecule has 1 atom stereocenters. The van der Waals surface area contributed by atoms with Crippen molar-refractivity contribution in [3.8, 4) is 0 Å². The lowest BCUT2D eigenvalue weighted by Crippen LogP contribution is -2.24. The largest absolute Gasteiger partial charge is 0.480 e. The Morgan fingerprint density at radius 1 is 1.41 bits per heavy atom. The van der Waals surface area contributed by atoms with E-state index in [0.29, 0.717) is 0 Å². The van der Waals surface area contributed by atoms with Gasteiger partial charge in [0.1, 0.15) is 6.04 Å². The average molecular weight is 232 g/mol. The molecule has 0 saturated heterocycles. The first-order valence-electron chi connectivity index (χ1n) is 5.53. The summed E-state index contributed by atoms with van der Waals surface area (Å²) < 4.78 is 0. The first-order chi connectivity index (χ1) is 8.04. The van der Waals surface area contributed by atoms with Crippen LogP contribution in [-0.2, 0) is 4.79 Å². The topological polar surface area (TPSA) is 65.1 Å². The molecular formula is C13H16N2O2. The number of benzene rings is 1. The zero-order valence-electron chi connectivity index (χ0n) is 10.2. The molecular weight excluding hydrogens is 216 g/mol. The summed E-state index contributed by atoms with van der Waals surface area (Å²) in [6.07, 6.45) is 0. The molecule has 1 aromatic carbocycles. The van der Waals surface area contributed by atoms with Gasteiger partial charge in [-0.25, -0.2) is 0 Å². The van der Waals surface area contributed by atoms with E-state index in [4.69, 9.17) is 5.11 Å². The van der Waals surface area contributed by atoms with E-state index in [9.17, 15) is 4.79 Å². The van der Waals surface area contributed by atoms with Gasteiger partial charge in [0.05, 0.1) is 0 Å². The van der Waals surface area contributed by atoms with Crippen LogP contribution in [0.2, 0.25) is 0 Å². The molecule has 4 heteroatoms. The molecule has 0 fully saturated rings. The molecule has 3 N–H and O–H groups in total. The number of carbonyl (C=O) groups is 1. The molecule has 0 aliphatic heterocycles. The minimum atomic E-state index is -0.864. The molecule has 0 spiro atoms. The minimum absolute atomic E-state index is 0.658. The second kappa shape index (κ2) is 4.22. The van der Waals surface area contributed by atoms with Crippen LogP contribution in [0.3, 0.4) is 0 Å². The van der Waals surface area contributed by atoms with E-state index in [1.807, 2.05) is 32.0 Å². The van der Waals surface area contributed by atoms with Gasteiger partial charge in [0.2, 0.25) is 0 Å². The van der Waals surface area contributed by atoms with Crippen LogP contribution < -0.4 is 5.32 Å². The van der Waals surface area contributed by atoms with E-state index in [-0.39, 0.29) is 0 Å². The van der Waals surface area contributed by atoms with Crippen LogP contribution in [0.25, 0.3) is 10.9 Å². The van der Waals surface area contributed by atoms with Crippen LogP contribution in [0.4, 0.5) is 0 Å². The zero-order chi connectivity index (χ0) is 12.6. The molecule has 0 bridgehead atoms. The van der Waals surface area contributed by atoms with Crippen LogP contribution in [0.15, 0.2) is 18.2 Å². The SMILES string of the molecule is CNC(C(=O)O)c1ccc2[nH]c(C)c(C)c2c1. The fourth-order valence-corrected chi connectivity index (χ4v) is 2.09. The molecule has 0 amide bonds. The summed E-state index contributed by atoms with van der Waals surface area (Å²) in [4.78, 5) is 14.4. The summed E-state index contributed by atoms with van der Waals surface area (Å²) in [6.45, 7) is 4.05. The molecule has 4 nitrogen and oxygen atoms in total. The number of nitrogens with one attached hydrogen (secondary N) is 2. The molecule has 90 valence electrons. The Morgan fingerprint density at radius 3 is 2.71 bits per heavy atom. The third-order valence-electron chi connectivity index (χ3n) is 3.20. The van der Waals surface area contributed by atoms with Crippen LogP contribution in [0.5, 0.6) is 0 Å². The van der Waals surface area contributed by atoms with Gasteiger partial charge in [-0.3, -0.25) is 4.79 Å². The van der Waals surface area contributed by atoms with E-state index in [0.717, 1.165) is 22.2 Å². The van der Waals surface area contributed by atoms with Crippen molar-refractivity contribution in [2.75, 3.05) is 7.05 Å². The zero-order valence-corrected chi connectivity index (χ0v) is 10.2. The van der Waals surface area contributed by atoms with Crippen molar-refractivity contribution in [2.45, 2.75) is 19.9 Å². The van der Waals surface area contributed by atoms with E-state index >= 15 is 0 Å². The minimum Gasteiger partial charge on any atom is -0.480 e. The molecule has 17 heavy (non-hydrogen) atoms. The maximum atomic E-state index is 11.1. The number of hydrogen-bond acceptors (Lipinski definition) is 2. The van der Waals surface area contributed by atoms with E-state index < -0.39 is 12.0 Å². The van der Waals surface area contributed by atoms with Gasteiger partial charge in [0, 0.05) is 16.6 Å². The Hall–Kier alpha value is -1.81. The maximum absolute atomic E-state index is 11.1. The normalized spacial score (nSPS) is 12.9. The summed E-state index contributed by atoms with van der Waals surface area (Å²) in [5, 5.41) is 13.0. The van der Waals surface area contributed by atoms with Crippen LogP contribution >= 0.6 is 0 Å². The summed E-state index contributed by atoms with van der Waals surface area (Å²) in [7, 11) is 1.65. The Kier molecular flexibility index (Phi) is 2.90. The second-order valence-electron chi connectivity index (χ2n) is 4.24. The number of aromatic nitrogens is 1. The molecule has 0 radical (unpaired) electrons. The van der Waals surface area contributed by atoms with Gasteiger partial charge in [-0.2, -0.15) is 0 Å². The number of rotatable bonds is 3. The average Bonchev–Trinajstić information content (AvgIpc) is 2.56. The maximum Gasteiger partial charge on any atom is 0.325 e. The van der Waals surface area contributed by atoms with Crippen molar-refractivity contribution in [1.82, 2.24) is 10.3 Å². The van der Waals surface area contributed by atoms with Gasteiger partial charge >= 0.3 is 5.97 Å². The first kappa shape index (κ1) is 11.7. The van der Waals surface area contributed by atoms with Gasteiger partial charge in [-0.15, -0.1) is 0 Å². The number of carboxylic acids is 1. The van der Waals surface area contributed by atoms with E-state index in [1.165, 1.54) is 5.56 Å². The molecule has 1 unspecified atom stereocenters. The summed E-state index contributed by atoms with van der Waals surface area (Å²) in [5.74, 6) is -0.864. The first-order valence-corrected chi connectivity index (χ1v) is 5.53. The molecule has 1 aromatic heterocycles. The van der Waals surface area contributed by atoms with Crippen molar-refractivity contribution in [1.29, 1.82) is 0 Å². The molecule has 0 aliphatic carbocycles.